The zero-order chi connectivity index (χ0) is 17.5. The second-order valence-electron chi connectivity index (χ2n) is 5.84. The van der Waals surface area contributed by atoms with Crippen LogP contribution in [0.3, 0.4) is 0 Å². The molecule has 0 radical (unpaired) electrons. The first-order chi connectivity index (χ1) is 10.7. The Morgan fingerprint density at radius 2 is 1.74 bits per heavy atom. The maximum atomic E-state index is 12.5. The van der Waals surface area contributed by atoms with Gasteiger partial charge < -0.3 is 15.1 Å². The molecule has 2 atom stereocenters. The van der Waals surface area contributed by atoms with E-state index in [0.29, 0.717) is 12.8 Å². The Balaban J connectivity index is 2.61. The summed E-state index contributed by atoms with van der Waals surface area (Å²) in [5.41, 5.74) is 1.12. The van der Waals surface area contributed by atoms with E-state index in [1.807, 2.05) is 30.3 Å². The highest BCUT2D eigenvalue weighted by molar-refractivity contribution is 7.60. The van der Waals surface area contributed by atoms with Gasteiger partial charge in [-0.2, -0.15) is 0 Å². The number of aliphatic carboxylic acids is 2. The summed E-state index contributed by atoms with van der Waals surface area (Å²) in [6.45, 7) is 1.16. The fraction of sp³-hybridized carbons (Fsp3) is 0.500. The smallest absolute Gasteiger partial charge is 0.319 e. The molecule has 0 amide bonds. The molecule has 128 valence electrons. The highest BCUT2D eigenvalue weighted by Gasteiger charge is 2.49. The SMILES string of the molecule is CC(CCC(=O)O)(C(=O)O)P(=O)(O)CCCCc1ccccc1. The lowest BCUT2D eigenvalue weighted by Crippen LogP contribution is -2.36. The molecule has 7 heteroatoms. The van der Waals surface area contributed by atoms with Crippen molar-refractivity contribution in [2.24, 2.45) is 0 Å². The normalized spacial score (nSPS) is 16.3. The molecule has 0 fully saturated rings. The summed E-state index contributed by atoms with van der Waals surface area (Å²) in [7, 11) is -4.01. The first kappa shape index (κ1) is 19.4. The predicted octanol–water partition coefficient (Wildman–Crippen LogP) is 2.99. The van der Waals surface area contributed by atoms with Gasteiger partial charge in [0.15, 0.2) is 0 Å². The number of rotatable bonds is 10. The van der Waals surface area contributed by atoms with Crippen molar-refractivity contribution in [3.05, 3.63) is 35.9 Å². The molecular formula is C16H23O6P. The second kappa shape index (κ2) is 8.27. The van der Waals surface area contributed by atoms with E-state index in [1.165, 1.54) is 0 Å². The van der Waals surface area contributed by atoms with Gasteiger partial charge >= 0.3 is 11.9 Å². The molecule has 0 heterocycles. The maximum Gasteiger partial charge on any atom is 0.319 e. The first-order valence-electron chi connectivity index (χ1n) is 7.50. The Kier molecular flexibility index (Phi) is 6.98. The molecule has 23 heavy (non-hydrogen) atoms. The van der Waals surface area contributed by atoms with E-state index in [9.17, 15) is 24.2 Å². The predicted molar refractivity (Wildman–Crippen MR) is 87.0 cm³/mol. The topological polar surface area (TPSA) is 112 Å². The number of carboxylic acid groups (broad SMARTS) is 2. The number of benzene rings is 1. The van der Waals surface area contributed by atoms with Crippen molar-refractivity contribution in [3.8, 4) is 0 Å². The van der Waals surface area contributed by atoms with E-state index in [1.54, 1.807) is 0 Å². The summed E-state index contributed by atoms with van der Waals surface area (Å²) >= 11 is 0. The Morgan fingerprint density at radius 3 is 2.26 bits per heavy atom. The van der Waals surface area contributed by atoms with E-state index in [2.05, 4.69) is 0 Å². The molecule has 0 aromatic heterocycles. The Hall–Kier alpha value is -1.65. The lowest BCUT2D eigenvalue weighted by molar-refractivity contribution is -0.141. The van der Waals surface area contributed by atoms with Gasteiger partial charge in [0.05, 0.1) is 0 Å². The molecule has 2 unspecified atom stereocenters. The van der Waals surface area contributed by atoms with Crippen molar-refractivity contribution in [3.63, 3.8) is 0 Å². The minimum atomic E-state index is -4.01. The van der Waals surface area contributed by atoms with E-state index in [0.717, 1.165) is 18.9 Å². The third-order valence-corrected chi connectivity index (χ3v) is 6.96. The molecule has 0 saturated carbocycles. The molecule has 1 aromatic carbocycles. The van der Waals surface area contributed by atoms with E-state index in [4.69, 9.17) is 5.11 Å². The molecule has 0 aliphatic carbocycles. The van der Waals surface area contributed by atoms with Crippen LogP contribution in [0.4, 0.5) is 0 Å². The van der Waals surface area contributed by atoms with Crippen molar-refractivity contribution < 1.29 is 29.3 Å². The van der Waals surface area contributed by atoms with Gasteiger partial charge in [-0.1, -0.05) is 30.3 Å². The van der Waals surface area contributed by atoms with Crippen molar-refractivity contribution in [1.29, 1.82) is 0 Å². The van der Waals surface area contributed by atoms with Crippen molar-refractivity contribution >= 4 is 19.3 Å². The average Bonchev–Trinajstić information content (AvgIpc) is 2.49. The van der Waals surface area contributed by atoms with E-state index < -0.39 is 30.9 Å². The summed E-state index contributed by atoms with van der Waals surface area (Å²) in [4.78, 5) is 32.3. The lowest BCUT2D eigenvalue weighted by Gasteiger charge is -2.29. The van der Waals surface area contributed by atoms with Gasteiger partial charge in [0.2, 0.25) is 7.37 Å². The van der Waals surface area contributed by atoms with Crippen molar-refractivity contribution in [2.75, 3.05) is 6.16 Å². The highest BCUT2D eigenvalue weighted by Crippen LogP contribution is 2.57. The number of carboxylic acids is 2. The molecule has 1 rings (SSSR count). The van der Waals surface area contributed by atoms with Crippen LogP contribution in [0.15, 0.2) is 30.3 Å². The number of aryl methyl sites for hydroxylation is 1. The van der Waals surface area contributed by atoms with Crippen LogP contribution >= 0.6 is 7.37 Å². The molecule has 0 saturated heterocycles. The van der Waals surface area contributed by atoms with Gasteiger partial charge in [-0.15, -0.1) is 0 Å². The summed E-state index contributed by atoms with van der Waals surface area (Å²) in [6.07, 6.45) is 0.908. The third-order valence-electron chi connectivity index (χ3n) is 4.08. The molecule has 0 aliphatic heterocycles. The summed E-state index contributed by atoms with van der Waals surface area (Å²) in [6, 6.07) is 9.67. The Bertz CT molecular complexity index is 585. The van der Waals surface area contributed by atoms with Crippen LogP contribution in [0.5, 0.6) is 0 Å². The largest absolute Gasteiger partial charge is 0.481 e. The third kappa shape index (κ3) is 5.48. The summed E-state index contributed by atoms with van der Waals surface area (Å²) in [5.74, 6) is -2.60. The molecule has 6 nitrogen and oxygen atoms in total. The summed E-state index contributed by atoms with van der Waals surface area (Å²) in [5, 5.41) is 16.1. The monoisotopic (exact) mass is 342 g/mol. The van der Waals surface area contributed by atoms with Crippen LogP contribution in [0.25, 0.3) is 0 Å². The van der Waals surface area contributed by atoms with Gasteiger partial charge in [0.25, 0.3) is 0 Å². The minimum absolute atomic E-state index is 0.123. The van der Waals surface area contributed by atoms with Crippen LogP contribution in [-0.2, 0) is 20.6 Å². The molecule has 1 aromatic rings. The summed E-state index contributed by atoms with van der Waals surface area (Å²) < 4.78 is 12.5. The van der Waals surface area contributed by atoms with E-state index in [-0.39, 0.29) is 12.6 Å². The van der Waals surface area contributed by atoms with E-state index >= 15 is 0 Å². The fourth-order valence-corrected chi connectivity index (χ4v) is 4.23. The molecule has 3 N–H and O–H groups in total. The highest BCUT2D eigenvalue weighted by atomic mass is 31.2. The zero-order valence-corrected chi connectivity index (χ0v) is 14.0. The number of unbranched alkanes of at least 4 members (excludes halogenated alkanes) is 1. The fourth-order valence-electron chi connectivity index (χ4n) is 2.33. The average molecular weight is 342 g/mol. The van der Waals surface area contributed by atoms with Crippen molar-refractivity contribution in [1.82, 2.24) is 0 Å². The molecule has 0 aliphatic rings. The van der Waals surface area contributed by atoms with Gasteiger partial charge in [0.1, 0.15) is 5.16 Å². The molecule has 0 bridgehead atoms. The van der Waals surface area contributed by atoms with Crippen LogP contribution in [0.2, 0.25) is 0 Å². The maximum absolute atomic E-state index is 12.5. The number of hydrogen-bond acceptors (Lipinski definition) is 3. The molecular weight excluding hydrogens is 319 g/mol. The second-order valence-corrected chi connectivity index (χ2v) is 8.68. The Labute approximate surface area is 135 Å². The van der Waals surface area contributed by atoms with Crippen LogP contribution in [0.1, 0.15) is 38.2 Å². The quantitative estimate of drug-likeness (QED) is 0.445. The van der Waals surface area contributed by atoms with Crippen LogP contribution < -0.4 is 0 Å². The van der Waals surface area contributed by atoms with Gasteiger partial charge in [-0.05, 0) is 38.2 Å². The number of carbonyl (C=O) groups is 2. The van der Waals surface area contributed by atoms with Gasteiger partial charge in [0, 0.05) is 12.6 Å². The number of hydrogen-bond donors (Lipinski definition) is 3. The first-order valence-corrected chi connectivity index (χ1v) is 9.34. The molecule has 0 spiro atoms. The van der Waals surface area contributed by atoms with Crippen LogP contribution in [-0.4, -0.2) is 38.4 Å². The van der Waals surface area contributed by atoms with Gasteiger partial charge in [-0.25, -0.2) is 0 Å². The van der Waals surface area contributed by atoms with Crippen LogP contribution in [0, 0.1) is 0 Å². The minimum Gasteiger partial charge on any atom is -0.481 e. The van der Waals surface area contributed by atoms with Gasteiger partial charge in [-0.3, -0.25) is 14.2 Å². The zero-order valence-electron chi connectivity index (χ0n) is 13.1. The Morgan fingerprint density at radius 1 is 1.13 bits per heavy atom. The standard InChI is InChI=1S/C16H23O6P/c1-16(15(19)20,11-10-14(17)18)23(21,22)12-6-5-9-13-7-3-2-4-8-13/h2-4,7-8H,5-6,9-12H2,1H3,(H,17,18)(H,19,20)(H,21,22). The lowest BCUT2D eigenvalue weighted by atomic mass is 10.1. The van der Waals surface area contributed by atoms with Crippen molar-refractivity contribution in [2.45, 2.75) is 44.2 Å².